The van der Waals surface area contributed by atoms with E-state index in [1.54, 1.807) is 0 Å². The molecule has 0 saturated heterocycles. The quantitative estimate of drug-likeness (QED) is 0.598. The van der Waals surface area contributed by atoms with Crippen molar-refractivity contribution in [1.82, 2.24) is 9.97 Å². The molecule has 1 aliphatic carbocycles. The fraction of sp³-hybridized carbons (Fsp3) is 0.250. The molecule has 0 saturated carbocycles. The molecular formula is C12H12N2S2. The normalized spacial score (nSPS) is 13.4. The van der Waals surface area contributed by atoms with Crippen molar-refractivity contribution < 1.29 is 0 Å². The Labute approximate surface area is 104 Å². The molecule has 1 N–H and O–H groups in total. The van der Waals surface area contributed by atoms with Gasteiger partial charge in [-0.3, -0.25) is 0 Å². The Bertz CT molecular complexity index is 546. The summed E-state index contributed by atoms with van der Waals surface area (Å²) in [6.07, 6.45) is 2.15. The summed E-state index contributed by atoms with van der Waals surface area (Å²) in [6.45, 7) is 2.01. The summed E-state index contributed by atoms with van der Waals surface area (Å²) in [7, 11) is 1.49. The molecule has 1 aliphatic rings. The predicted octanol–water partition coefficient (Wildman–Crippen LogP) is 3.42. The molecule has 0 bridgehead atoms. The van der Waals surface area contributed by atoms with Gasteiger partial charge in [-0.15, -0.1) is 11.7 Å². The number of fused-ring (bicyclic) bond motifs is 3. The number of rotatable bonds is 1. The summed E-state index contributed by atoms with van der Waals surface area (Å²) < 4.78 is 0. The summed E-state index contributed by atoms with van der Waals surface area (Å²) in [5.74, 6) is 1.01. The van der Waals surface area contributed by atoms with Crippen molar-refractivity contribution in [2.75, 3.05) is 0 Å². The van der Waals surface area contributed by atoms with Gasteiger partial charge in [-0.1, -0.05) is 16.9 Å². The minimum Gasteiger partial charge on any atom is -0.346 e. The van der Waals surface area contributed by atoms with E-state index in [0.29, 0.717) is 0 Å². The van der Waals surface area contributed by atoms with Gasteiger partial charge in [0, 0.05) is 16.2 Å². The third kappa shape index (κ3) is 1.57. The predicted molar refractivity (Wildman–Crippen MR) is 71.0 cm³/mol. The molecule has 1 aromatic heterocycles. The maximum Gasteiger partial charge on any atom is 0.103 e. The number of thiol groups is 1. The second kappa shape index (κ2) is 3.86. The molecular weight excluding hydrogens is 236 g/mol. The van der Waals surface area contributed by atoms with Crippen LogP contribution in [0.2, 0.25) is 0 Å². The standard InChI is InChI=1S/C12H12N2S2/c1-7-13-11-5-2-8-6-9(16-15)3-4-10(8)12(11)14-7/h3-4,6,15H,2,5H2,1H3,(H,13,14). The van der Waals surface area contributed by atoms with E-state index in [-0.39, 0.29) is 0 Å². The fourth-order valence-electron chi connectivity index (χ4n) is 2.27. The number of aryl methyl sites for hydroxylation is 3. The second-order valence-electron chi connectivity index (χ2n) is 4.06. The minimum atomic E-state index is 1.01. The Morgan fingerprint density at radius 1 is 1.38 bits per heavy atom. The zero-order valence-corrected chi connectivity index (χ0v) is 10.7. The third-order valence-corrected chi connectivity index (χ3v) is 4.08. The van der Waals surface area contributed by atoms with Crippen LogP contribution < -0.4 is 0 Å². The van der Waals surface area contributed by atoms with Gasteiger partial charge >= 0.3 is 0 Å². The fourth-order valence-corrected chi connectivity index (χ4v) is 2.93. The number of H-pyrrole nitrogens is 1. The average molecular weight is 248 g/mol. The Hall–Kier alpha value is -0.870. The van der Waals surface area contributed by atoms with Crippen LogP contribution in [0, 0.1) is 6.92 Å². The Morgan fingerprint density at radius 3 is 3.06 bits per heavy atom. The van der Waals surface area contributed by atoms with E-state index in [1.807, 2.05) is 6.92 Å². The highest BCUT2D eigenvalue weighted by molar-refractivity contribution is 8.68. The van der Waals surface area contributed by atoms with Crippen LogP contribution in [-0.2, 0) is 12.8 Å². The first-order valence-electron chi connectivity index (χ1n) is 5.28. The topological polar surface area (TPSA) is 28.7 Å². The molecule has 4 heteroatoms. The Morgan fingerprint density at radius 2 is 2.25 bits per heavy atom. The first-order chi connectivity index (χ1) is 7.78. The molecule has 0 unspecified atom stereocenters. The van der Waals surface area contributed by atoms with Crippen molar-refractivity contribution in [2.45, 2.75) is 24.7 Å². The van der Waals surface area contributed by atoms with Gasteiger partial charge < -0.3 is 4.98 Å². The lowest BCUT2D eigenvalue weighted by Gasteiger charge is -2.15. The van der Waals surface area contributed by atoms with Crippen LogP contribution in [-0.4, -0.2) is 9.97 Å². The van der Waals surface area contributed by atoms with Gasteiger partial charge in [0.1, 0.15) is 5.82 Å². The number of nitrogens with zero attached hydrogens (tertiary/aromatic N) is 1. The van der Waals surface area contributed by atoms with Gasteiger partial charge in [-0.05, 0) is 37.5 Å². The number of aromatic amines is 1. The largest absolute Gasteiger partial charge is 0.346 e. The molecule has 2 aromatic rings. The smallest absolute Gasteiger partial charge is 0.103 e. The van der Waals surface area contributed by atoms with Crippen LogP contribution in [0.25, 0.3) is 11.3 Å². The summed E-state index contributed by atoms with van der Waals surface area (Å²) in [6, 6.07) is 6.49. The van der Waals surface area contributed by atoms with Crippen molar-refractivity contribution in [2.24, 2.45) is 0 Å². The van der Waals surface area contributed by atoms with Gasteiger partial charge in [-0.2, -0.15) is 0 Å². The van der Waals surface area contributed by atoms with Gasteiger partial charge in [-0.25, -0.2) is 4.98 Å². The molecule has 2 nitrogen and oxygen atoms in total. The van der Waals surface area contributed by atoms with Crippen LogP contribution in [0.3, 0.4) is 0 Å². The lowest BCUT2D eigenvalue weighted by Crippen LogP contribution is -2.03. The Kier molecular flexibility index (Phi) is 2.48. The number of hydrogen-bond donors (Lipinski definition) is 2. The average Bonchev–Trinajstić information content (AvgIpc) is 2.69. The van der Waals surface area contributed by atoms with Crippen molar-refractivity contribution in [3.8, 4) is 11.3 Å². The van der Waals surface area contributed by atoms with Crippen LogP contribution in [0.5, 0.6) is 0 Å². The number of imidazole rings is 1. The van der Waals surface area contributed by atoms with E-state index >= 15 is 0 Å². The van der Waals surface area contributed by atoms with E-state index in [2.05, 4.69) is 39.8 Å². The van der Waals surface area contributed by atoms with E-state index < -0.39 is 0 Å². The summed E-state index contributed by atoms with van der Waals surface area (Å²) in [5, 5.41) is 0. The number of aromatic nitrogens is 2. The zero-order valence-electron chi connectivity index (χ0n) is 8.95. The van der Waals surface area contributed by atoms with Gasteiger partial charge in [0.2, 0.25) is 0 Å². The van der Waals surface area contributed by atoms with Crippen LogP contribution >= 0.6 is 22.5 Å². The van der Waals surface area contributed by atoms with Crippen LogP contribution in [0.1, 0.15) is 17.1 Å². The highest BCUT2D eigenvalue weighted by Crippen LogP contribution is 2.34. The maximum atomic E-state index is 4.57. The van der Waals surface area contributed by atoms with Crippen molar-refractivity contribution in [3.63, 3.8) is 0 Å². The summed E-state index contributed by atoms with van der Waals surface area (Å²) >= 11 is 4.23. The SMILES string of the molecule is Cc1nc2c([nH]1)CCc1cc(SS)ccc1-2. The zero-order chi connectivity index (χ0) is 11.1. The van der Waals surface area contributed by atoms with Crippen LogP contribution in [0.15, 0.2) is 23.1 Å². The molecule has 0 spiro atoms. The van der Waals surface area contributed by atoms with Crippen molar-refractivity contribution >= 4 is 22.5 Å². The van der Waals surface area contributed by atoms with Gasteiger partial charge in [0.15, 0.2) is 0 Å². The van der Waals surface area contributed by atoms with Crippen molar-refractivity contribution in [1.29, 1.82) is 0 Å². The lowest BCUT2D eigenvalue weighted by molar-refractivity contribution is 0.901. The maximum absolute atomic E-state index is 4.57. The first-order valence-corrected chi connectivity index (χ1v) is 7.15. The van der Waals surface area contributed by atoms with E-state index in [1.165, 1.54) is 32.5 Å². The molecule has 0 amide bonds. The minimum absolute atomic E-state index is 1.01. The molecule has 1 heterocycles. The molecule has 3 rings (SSSR count). The highest BCUT2D eigenvalue weighted by Gasteiger charge is 2.19. The number of nitrogens with one attached hydrogen (secondary N) is 1. The molecule has 0 radical (unpaired) electrons. The van der Waals surface area contributed by atoms with E-state index in [4.69, 9.17) is 0 Å². The summed E-state index contributed by atoms with van der Waals surface area (Å²) in [5.41, 5.74) is 5.07. The molecule has 0 fully saturated rings. The monoisotopic (exact) mass is 248 g/mol. The van der Waals surface area contributed by atoms with E-state index in [0.717, 1.165) is 24.4 Å². The van der Waals surface area contributed by atoms with E-state index in [9.17, 15) is 0 Å². The van der Waals surface area contributed by atoms with Gasteiger partial charge in [0.05, 0.1) is 5.69 Å². The van der Waals surface area contributed by atoms with Gasteiger partial charge in [0.25, 0.3) is 0 Å². The number of benzene rings is 1. The van der Waals surface area contributed by atoms with Crippen molar-refractivity contribution in [3.05, 3.63) is 35.3 Å². The second-order valence-corrected chi connectivity index (χ2v) is 5.26. The molecule has 1 aromatic carbocycles. The number of hydrogen-bond acceptors (Lipinski definition) is 3. The first kappa shape index (κ1) is 10.3. The molecule has 0 atom stereocenters. The lowest BCUT2D eigenvalue weighted by atomic mass is 9.92. The third-order valence-electron chi connectivity index (χ3n) is 2.98. The summed E-state index contributed by atoms with van der Waals surface area (Å²) in [4.78, 5) is 9.11. The molecule has 0 aliphatic heterocycles. The highest BCUT2D eigenvalue weighted by atomic mass is 33.1. The molecule has 16 heavy (non-hydrogen) atoms. The van der Waals surface area contributed by atoms with Crippen LogP contribution in [0.4, 0.5) is 0 Å². The Balaban J connectivity index is 2.17. The molecule has 82 valence electrons.